The van der Waals surface area contributed by atoms with E-state index >= 15 is 0 Å². The maximum Gasteiger partial charge on any atom is 0.230 e. The van der Waals surface area contributed by atoms with Crippen LogP contribution in [0.1, 0.15) is 11.1 Å². The highest BCUT2D eigenvalue weighted by Crippen LogP contribution is 2.17. The van der Waals surface area contributed by atoms with Crippen LogP contribution < -0.4 is 5.32 Å². The summed E-state index contributed by atoms with van der Waals surface area (Å²) in [6, 6.07) is 10.5. The van der Waals surface area contributed by atoms with Gasteiger partial charge in [0.25, 0.3) is 0 Å². The molecule has 2 rings (SSSR count). The number of aryl methyl sites for hydroxylation is 1. The monoisotopic (exact) mass is 242 g/mol. The maximum absolute atomic E-state index is 11.8. The highest BCUT2D eigenvalue weighted by atomic mass is 16.3. The van der Waals surface area contributed by atoms with Crippen LogP contribution in [0.2, 0.25) is 0 Å². The first-order valence-electron chi connectivity index (χ1n) is 5.65. The Labute approximate surface area is 105 Å². The zero-order chi connectivity index (χ0) is 13.0. The third-order valence-electron chi connectivity index (χ3n) is 2.61. The number of carbonyl (C=O) groups excluding carboxylic acids is 1. The van der Waals surface area contributed by atoms with E-state index in [0.717, 1.165) is 5.56 Å². The second-order valence-corrected chi connectivity index (χ2v) is 4.02. The second kappa shape index (κ2) is 5.31. The molecule has 2 aromatic rings. The molecule has 0 bridgehead atoms. The molecule has 1 amide bonds. The molecule has 0 saturated carbocycles. The Bertz CT molecular complexity index is 518. The van der Waals surface area contributed by atoms with E-state index in [-0.39, 0.29) is 18.1 Å². The summed E-state index contributed by atoms with van der Waals surface area (Å²) < 4.78 is 0. The summed E-state index contributed by atoms with van der Waals surface area (Å²) in [5.74, 6) is 0.488. The Kier molecular flexibility index (Phi) is 3.57. The van der Waals surface area contributed by atoms with Crippen molar-refractivity contribution in [2.24, 2.45) is 0 Å². The fourth-order valence-electron chi connectivity index (χ4n) is 1.63. The second-order valence-electron chi connectivity index (χ2n) is 4.02. The maximum atomic E-state index is 11.8. The van der Waals surface area contributed by atoms with Crippen molar-refractivity contribution in [2.75, 3.05) is 5.32 Å². The van der Waals surface area contributed by atoms with Crippen molar-refractivity contribution in [3.63, 3.8) is 0 Å². The Morgan fingerprint density at radius 3 is 2.78 bits per heavy atom. The van der Waals surface area contributed by atoms with Crippen molar-refractivity contribution in [1.29, 1.82) is 0 Å². The first kappa shape index (κ1) is 12.1. The Morgan fingerprint density at radius 1 is 1.28 bits per heavy atom. The standard InChI is InChI=1S/C14H14N2O2/c1-10-5-4-8-15-14(10)16-13(18)9-11-6-2-3-7-12(11)17/h2-8,17H,9H2,1H3,(H,15,16,18). The van der Waals surface area contributed by atoms with Gasteiger partial charge in [-0.25, -0.2) is 4.98 Å². The molecule has 18 heavy (non-hydrogen) atoms. The number of carbonyl (C=O) groups is 1. The average molecular weight is 242 g/mol. The number of phenolic OH excluding ortho intramolecular Hbond substituents is 1. The molecule has 1 aromatic heterocycles. The van der Waals surface area contributed by atoms with E-state index in [1.807, 2.05) is 19.1 Å². The van der Waals surface area contributed by atoms with E-state index in [1.54, 1.807) is 30.5 Å². The summed E-state index contributed by atoms with van der Waals surface area (Å²) in [5, 5.41) is 12.3. The van der Waals surface area contributed by atoms with E-state index in [0.29, 0.717) is 11.4 Å². The van der Waals surface area contributed by atoms with Crippen LogP contribution in [0.15, 0.2) is 42.6 Å². The summed E-state index contributed by atoms with van der Waals surface area (Å²) >= 11 is 0. The van der Waals surface area contributed by atoms with Crippen LogP contribution in [-0.2, 0) is 11.2 Å². The third kappa shape index (κ3) is 2.85. The van der Waals surface area contributed by atoms with Gasteiger partial charge in [0, 0.05) is 11.8 Å². The highest BCUT2D eigenvalue weighted by Gasteiger charge is 2.08. The molecule has 4 heteroatoms. The highest BCUT2D eigenvalue weighted by molar-refractivity contribution is 5.92. The first-order valence-corrected chi connectivity index (χ1v) is 5.65. The van der Waals surface area contributed by atoms with E-state index in [4.69, 9.17) is 0 Å². The van der Waals surface area contributed by atoms with Crippen molar-refractivity contribution in [1.82, 2.24) is 4.98 Å². The number of pyridine rings is 1. The van der Waals surface area contributed by atoms with Crippen LogP contribution in [0.3, 0.4) is 0 Å². The van der Waals surface area contributed by atoms with Crippen LogP contribution in [-0.4, -0.2) is 16.0 Å². The lowest BCUT2D eigenvalue weighted by Crippen LogP contribution is -2.16. The first-order chi connectivity index (χ1) is 8.66. The molecular formula is C14H14N2O2. The van der Waals surface area contributed by atoms with Crippen LogP contribution in [0.25, 0.3) is 0 Å². The molecule has 2 N–H and O–H groups in total. The molecule has 92 valence electrons. The summed E-state index contributed by atoms with van der Waals surface area (Å²) in [4.78, 5) is 15.9. The molecule has 0 fully saturated rings. The SMILES string of the molecule is Cc1cccnc1NC(=O)Cc1ccccc1O. The van der Waals surface area contributed by atoms with E-state index in [1.165, 1.54) is 0 Å². The lowest BCUT2D eigenvalue weighted by Gasteiger charge is -2.07. The van der Waals surface area contributed by atoms with Gasteiger partial charge in [-0.1, -0.05) is 24.3 Å². The quantitative estimate of drug-likeness (QED) is 0.868. The van der Waals surface area contributed by atoms with Gasteiger partial charge < -0.3 is 10.4 Å². The van der Waals surface area contributed by atoms with Crippen molar-refractivity contribution in [2.45, 2.75) is 13.3 Å². The number of para-hydroxylation sites is 1. The number of rotatable bonds is 3. The largest absolute Gasteiger partial charge is 0.508 e. The van der Waals surface area contributed by atoms with Crippen molar-refractivity contribution in [3.8, 4) is 5.75 Å². The van der Waals surface area contributed by atoms with Gasteiger partial charge in [0.15, 0.2) is 0 Å². The normalized spacial score (nSPS) is 10.1. The van der Waals surface area contributed by atoms with Gasteiger partial charge in [-0.2, -0.15) is 0 Å². The van der Waals surface area contributed by atoms with Crippen LogP contribution in [0.5, 0.6) is 5.75 Å². The Balaban J connectivity index is 2.06. The molecule has 0 radical (unpaired) electrons. The van der Waals surface area contributed by atoms with Gasteiger partial charge in [0.2, 0.25) is 5.91 Å². The molecule has 4 nitrogen and oxygen atoms in total. The minimum absolute atomic E-state index is 0.128. The van der Waals surface area contributed by atoms with Gasteiger partial charge in [0.05, 0.1) is 6.42 Å². The minimum Gasteiger partial charge on any atom is -0.508 e. The van der Waals surface area contributed by atoms with Gasteiger partial charge in [0.1, 0.15) is 11.6 Å². The topological polar surface area (TPSA) is 62.2 Å². The molecule has 0 unspecified atom stereocenters. The number of hydrogen-bond donors (Lipinski definition) is 2. The van der Waals surface area contributed by atoms with Crippen LogP contribution in [0.4, 0.5) is 5.82 Å². The molecule has 0 aliphatic rings. The fraction of sp³-hybridized carbons (Fsp3) is 0.143. The number of nitrogens with zero attached hydrogens (tertiary/aromatic N) is 1. The molecule has 0 aliphatic carbocycles. The molecule has 0 spiro atoms. The predicted octanol–water partition coefficient (Wildman–Crippen LogP) is 2.28. The summed E-state index contributed by atoms with van der Waals surface area (Å²) in [6.07, 6.45) is 1.76. The number of amides is 1. The molecule has 0 saturated heterocycles. The fourth-order valence-corrected chi connectivity index (χ4v) is 1.63. The number of benzene rings is 1. The summed E-state index contributed by atoms with van der Waals surface area (Å²) in [6.45, 7) is 1.88. The number of aromatic hydroxyl groups is 1. The number of anilines is 1. The zero-order valence-electron chi connectivity index (χ0n) is 10.1. The molecular weight excluding hydrogens is 228 g/mol. The van der Waals surface area contributed by atoms with Crippen molar-refractivity contribution < 1.29 is 9.90 Å². The number of nitrogens with one attached hydrogen (secondary N) is 1. The molecule has 1 aromatic carbocycles. The summed E-state index contributed by atoms with van der Waals surface area (Å²) in [5.41, 5.74) is 1.51. The lowest BCUT2D eigenvalue weighted by atomic mass is 10.1. The van der Waals surface area contributed by atoms with Crippen LogP contribution >= 0.6 is 0 Å². The van der Waals surface area contributed by atoms with E-state index < -0.39 is 0 Å². The van der Waals surface area contributed by atoms with Crippen molar-refractivity contribution >= 4 is 11.7 Å². The minimum atomic E-state index is -0.196. The van der Waals surface area contributed by atoms with Gasteiger partial charge in [-0.05, 0) is 24.6 Å². The van der Waals surface area contributed by atoms with E-state index in [9.17, 15) is 9.90 Å². The summed E-state index contributed by atoms with van der Waals surface area (Å²) in [7, 11) is 0. The third-order valence-corrected chi connectivity index (χ3v) is 2.61. The number of aromatic nitrogens is 1. The smallest absolute Gasteiger partial charge is 0.230 e. The van der Waals surface area contributed by atoms with Crippen LogP contribution in [0, 0.1) is 6.92 Å². The molecule has 0 aliphatic heterocycles. The van der Waals surface area contributed by atoms with Gasteiger partial charge in [-0.3, -0.25) is 4.79 Å². The van der Waals surface area contributed by atoms with Gasteiger partial charge in [-0.15, -0.1) is 0 Å². The zero-order valence-corrected chi connectivity index (χ0v) is 10.1. The Morgan fingerprint density at radius 2 is 2.06 bits per heavy atom. The number of phenols is 1. The van der Waals surface area contributed by atoms with Gasteiger partial charge >= 0.3 is 0 Å². The number of hydrogen-bond acceptors (Lipinski definition) is 3. The average Bonchev–Trinajstić information content (AvgIpc) is 2.35. The van der Waals surface area contributed by atoms with E-state index in [2.05, 4.69) is 10.3 Å². The lowest BCUT2D eigenvalue weighted by molar-refractivity contribution is -0.115. The Hall–Kier alpha value is -2.36. The predicted molar refractivity (Wildman–Crippen MR) is 69.4 cm³/mol. The molecule has 0 atom stereocenters. The molecule has 1 heterocycles. The van der Waals surface area contributed by atoms with Crippen molar-refractivity contribution in [3.05, 3.63) is 53.7 Å².